The van der Waals surface area contributed by atoms with Gasteiger partial charge in [0.2, 0.25) is 5.91 Å². The summed E-state index contributed by atoms with van der Waals surface area (Å²) in [4.78, 5) is 14.8. The van der Waals surface area contributed by atoms with Gasteiger partial charge in [-0.25, -0.2) is 0 Å². The number of rotatable bonds is 1. The first kappa shape index (κ1) is 13.4. The molecule has 2 aliphatic heterocycles. The van der Waals surface area contributed by atoms with Crippen LogP contribution in [0.15, 0.2) is 24.3 Å². The summed E-state index contributed by atoms with van der Waals surface area (Å²) in [6, 6.07) is 8.01. The summed E-state index contributed by atoms with van der Waals surface area (Å²) in [5.41, 5.74) is 0.890. The third kappa shape index (κ3) is 2.52. The van der Waals surface area contributed by atoms with Crippen LogP contribution in [-0.4, -0.2) is 37.0 Å². The van der Waals surface area contributed by atoms with E-state index in [-0.39, 0.29) is 11.3 Å². The average Bonchev–Trinajstić information content (AvgIpc) is 2.69. The minimum absolute atomic E-state index is 0.218. The van der Waals surface area contributed by atoms with E-state index in [1.807, 2.05) is 29.2 Å². The molecular formula is C16H22N2O2. The molecule has 1 saturated heterocycles. The Labute approximate surface area is 120 Å². The first-order valence-corrected chi connectivity index (χ1v) is 7.40. The number of benzene rings is 1. The number of hydrogen-bond acceptors (Lipinski definition) is 3. The van der Waals surface area contributed by atoms with Crippen molar-refractivity contribution >= 4 is 5.91 Å². The second kappa shape index (κ2) is 5.44. The monoisotopic (exact) mass is 274 g/mol. The molecule has 1 aromatic rings. The Morgan fingerprint density at radius 1 is 1.30 bits per heavy atom. The number of amides is 1. The van der Waals surface area contributed by atoms with Gasteiger partial charge in [-0.15, -0.1) is 0 Å². The van der Waals surface area contributed by atoms with E-state index in [0.717, 1.165) is 37.2 Å². The molecule has 0 unspecified atom stereocenters. The number of nitrogens with one attached hydrogen (secondary N) is 1. The Bertz CT molecular complexity index is 495. The summed E-state index contributed by atoms with van der Waals surface area (Å²) in [7, 11) is 0. The maximum absolute atomic E-state index is 12.9. The third-order valence-electron chi connectivity index (χ3n) is 4.46. The molecule has 4 nitrogen and oxygen atoms in total. The van der Waals surface area contributed by atoms with Crippen LogP contribution in [0.25, 0.3) is 0 Å². The van der Waals surface area contributed by atoms with Crippen molar-refractivity contribution in [2.75, 3.05) is 26.2 Å². The predicted molar refractivity (Wildman–Crippen MR) is 77.6 cm³/mol. The molecule has 20 heavy (non-hydrogen) atoms. The van der Waals surface area contributed by atoms with E-state index in [4.69, 9.17) is 4.74 Å². The first-order valence-electron chi connectivity index (χ1n) is 7.40. The van der Waals surface area contributed by atoms with Gasteiger partial charge >= 0.3 is 0 Å². The lowest BCUT2D eigenvalue weighted by atomic mass is 9.79. The van der Waals surface area contributed by atoms with E-state index in [1.54, 1.807) is 0 Å². The van der Waals surface area contributed by atoms with E-state index in [2.05, 4.69) is 12.2 Å². The summed E-state index contributed by atoms with van der Waals surface area (Å²) in [5, 5.41) is 3.33. The van der Waals surface area contributed by atoms with Crippen molar-refractivity contribution in [3.8, 4) is 5.75 Å². The zero-order chi connectivity index (χ0) is 14.0. The molecule has 1 N–H and O–H groups in total. The number of carbonyl (C=O) groups is 1. The summed E-state index contributed by atoms with van der Waals surface area (Å²) < 4.78 is 5.74. The number of piperidine rings is 1. The molecule has 1 aromatic carbocycles. The van der Waals surface area contributed by atoms with E-state index < -0.39 is 0 Å². The van der Waals surface area contributed by atoms with Crippen molar-refractivity contribution in [3.05, 3.63) is 29.8 Å². The van der Waals surface area contributed by atoms with Crippen LogP contribution < -0.4 is 10.1 Å². The molecule has 3 rings (SSSR count). The average molecular weight is 274 g/mol. The second-order valence-electron chi connectivity index (χ2n) is 5.99. The first-order chi connectivity index (χ1) is 9.69. The fraction of sp³-hybridized carbons (Fsp3) is 0.562. The molecule has 1 amide bonds. The predicted octanol–water partition coefficient (Wildman–Crippen LogP) is 1.80. The zero-order valence-corrected chi connectivity index (χ0v) is 12.0. The van der Waals surface area contributed by atoms with Crippen LogP contribution in [0.3, 0.4) is 0 Å². The molecule has 0 bridgehead atoms. The molecule has 0 aliphatic carbocycles. The van der Waals surface area contributed by atoms with Crippen LogP contribution in [0, 0.1) is 5.41 Å². The minimum atomic E-state index is -0.218. The summed E-state index contributed by atoms with van der Waals surface area (Å²) in [6.07, 6.45) is 1.84. The Morgan fingerprint density at radius 3 is 2.85 bits per heavy atom. The molecule has 108 valence electrons. The lowest BCUT2D eigenvalue weighted by molar-refractivity contribution is -0.143. The number of carbonyl (C=O) groups excluding carboxylic acids is 1. The standard InChI is InChI=1S/C16H22N2O2/c1-16(6-8-17-9-7-16)15(19)18-10-11-20-14-5-3-2-4-13(14)12-18/h2-5,17H,6-12H2,1H3. The van der Waals surface area contributed by atoms with Crippen molar-refractivity contribution in [1.29, 1.82) is 0 Å². The molecule has 1 fully saturated rings. The maximum Gasteiger partial charge on any atom is 0.229 e. The highest BCUT2D eigenvalue weighted by molar-refractivity contribution is 5.82. The van der Waals surface area contributed by atoms with Gasteiger partial charge in [-0.05, 0) is 32.0 Å². The number of hydrogen-bond donors (Lipinski definition) is 1. The largest absolute Gasteiger partial charge is 0.491 e. The van der Waals surface area contributed by atoms with E-state index in [1.165, 1.54) is 0 Å². The Balaban J connectivity index is 1.78. The summed E-state index contributed by atoms with van der Waals surface area (Å²) in [5.74, 6) is 1.19. The van der Waals surface area contributed by atoms with E-state index in [9.17, 15) is 4.79 Å². The van der Waals surface area contributed by atoms with Gasteiger partial charge < -0.3 is 15.0 Å². The van der Waals surface area contributed by atoms with E-state index in [0.29, 0.717) is 19.7 Å². The van der Waals surface area contributed by atoms with Crippen LogP contribution in [0.2, 0.25) is 0 Å². The normalized spacial score (nSPS) is 21.6. The van der Waals surface area contributed by atoms with Gasteiger partial charge in [0.1, 0.15) is 12.4 Å². The minimum Gasteiger partial charge on any atom is -0.491 e. The van der Waals surface area contributed by atoms with Gasteiger partial charge in [0.05, 0.1) is 6.54 Å². The molecule has 0 aromatic heterocycles. The van der Waals surface area contributed by atoms with Crippen LogP contribution in [0.5, 0.6) is 5.75 Å². The molecule has 0 atom stereocenters. The quantitative estimate of drug-likeness (QED) is 0.849. The van der Waals surface area contributed by atoms with Crippen molar-refractivity contribution in [1.82, 2.24) is 10.2 Å². The molecule has 2 heterocycles. The van der Waals surface area contributed by atoms with Gasteiger partial charge in [0, 0.05) is 17.5 Å². The molecular weight excluding hydrogens is 252 g/mol. The lowest BCUT2D eigenvalue weighted by Gasteiger charge is -2.36. The SMILES string of the molecule is CC1(C(=O)N2CCOc3ccccc3C2)CCNCC1. The molecule has 0 spiro atoms. The Hall–Kier alpha value is -1.55. The smallest absolute Gasteiger partial charge is 0.229 e. The fourth-order valence-electron chi connectivity index (χ4n) is 3.07. The van der Waals surface area contributed by atoms with E-state index >= 15 is 0 Å². The number of fused-ring (bicyclic) bond motifs is 1. The van der Waals surface area contributed by atoms with Gasteiger partial charge in [0.25, 0.3) is 0 Å². The van der Waals surface area contributed by atoms with Crippen molar-refractivity contribution in [2.24, 2.45) is 5.41 Å². The van der Waals surface area contributed by atoms with Crippen LogP contribution in [0.4, 0.5) is 0 Å². The Kier molecular flexibility index (Phi) is 3.66. The van der Waals surface area contributed by atoms with Gasteiger partial charge in [-0.2, -0.15) is 0 Å². The lowest BCUT2D eigenvalue weighted by Crippen LogP contribution is -2.48. The molecule has 0 saturated carbocycles. The summed E-state index contributed by atoms with van der Waals surface area (Å²) >= 11 is 0. The summed E-state index contributed by atoms with van der Waals surface area (Å²) in [6.45, 7) is 5.89. The highest BCUT2D eigenvalue weighted by atomic mass is 16.5. The number of para-hydroxylation sites is 1. The van der Waals surface area contributed by atoms with Gasteiger partial charge in [0.15, 0.2) is 0 Å². The molecule has 4 heteroatoms. The van der Waals surface area contributed by atoms with Crippen molar-refractivity contribution in [3.63, 3.8) is 0 Å². The van der Waals surface area contributed by atoms with Crippen molar-refractivity contribution < 1.29 is 9.53 Å². The molecule has 2 aliphatic rings. The number of ether oxygens (including phenoxy) is 1. The maximum atomic E-state index is 12.9. The number of nitrogens with zero attached hydrogens (tertiary/aromatic N) is 1. The fourth-order valence-corrected chi connectivity index (χ4v) is 3.07. The molecule has 0 radical (unpaired) electrons. The second-order valence-corrected chi connectivity index (χ2v) is 5.99. The van der Waals surface area contributed by atoms with Crippen LogP contribution in [0.1, 0.15) is 25.3 Å². The third-order valence-corrected chi connectivity index (χ3v) is 4.46. The van der Waals surface area contributed by atoms with Gasteiger partial charge in [-0.3, -0.25) is 4.79 Å². The topological polar surface area (TPSA) is 41.6 Å². The van der Waals surface area contributed by atoms with Gasteiger partial charge in [-0.1, -0.05) is 25.1 Å². The van der Waals surface area contributed by atoms with Crippen molar-refractivity contribution in [2.45, 2.75) is 26.3 Å². The van der Waals surface area contributed by atoms with Crippen LogP contribution in [-0.2, 0) is 11.3 Å². The highest BCUT2D eigenvalue weighted by Gasteiger charge is 2.38. The van der Waals surface area contributed by atoms with Crippen LogP contribution >= 0.6 is 0 Å². The zero-order valence-electron chi connectivity index (χ0n) is 12.0. The highest BCUT2D eigenvalue weighted by Crippen LogP contribution is 2.32. The Morgan fingerprint density at radius 2 is 2.05 bits per heavy atom.